The molecule has 0 spiro atoms. The number of fused-ring (bicyclic) bond motifs is 1. The number of ether oxygens (including phenoxy) is 2. The number of aliphatic hydroxyl groups excluding tert-OH is 3. The summed E-state index contributed by atoms with van der Waals surface area (Å²) in [4.78, 5) is 0. The Morgan fingerprint density at radius 1 is 1.40 bits per heavy atom. The molecule has 0 saturated carbocycles. The van der Waals surface area contributed by atoms with Gasteiger partial charge in [-0.15, -0.1) is 0 Å². The highest BCUT2D eigenvalue weighted by atomic mass is 16.6. The highest BCUT2D eigenvalue weighted by Crippen LogP contribution is 2.43. The summed E-state index contributed by atoms with van der Waals surface area (Å²) in [5.74, 6) is -0.0894. The predicted octanol–water partition coefficient (Wildman–Crippen LogP) is -0.0430. The average Bonchev–Trinajstić information content (AvgIpc) is 2.85. The molecule has 2 saturated heterocycles. The number of rotatable bonds is 5. The van der Waals surface area contributed by atoms with Crippen LogP contribution in [0.15, 0.2) is 0 Å². The summed E-state index contributed by atoms with van der Waals surface area (Å²) < 4.78 is 11.8. The molecule has 2 heterocycles. The van der Waals surface area contributed by atoms with Gasteiger partial charge in [0.15, 0.2) is 0 Å². The Labute approximate surface area is 118 Å². The number of nitriles is 1. The lowest BCUT2D eigenvalue weighted by Gasteiger charge is -2.41. The lowest BCUT2D eigenvalue weighted by molar-refractivity contribution is -0.186. The minimum absolute atomic E-state index is 0.0679. The molecule has 6 nitrogen and oxygen atoms in total. The van der Waals surface area contributed by atoms with Crippen molar-refractivity contribution in [2.24, 2.45) is 5.92 Å². The number of hydrogen-bond acceptors (Lipinski definition) is 6. The molecule has 3 N–H and O–H groups in total. The van der Waals surface area contributed by atoms with Gasteiger partial charge in [-0.05, 0) is 26.2 Å². The molecule has 0 unspecified atom stereocenters. The molecule has 0 aromatic rings. The molecule has 6 atom stereocenters. The van der Waals surface area contributed by atoms with Crippen LogP contribution in [0.5, 0.6) is 0 Å². The van der Waals surface area contributed by atoms with E-state index in [2.05, 4.69) is 6.07 Å². The van der Waals surface area contributed by atoms with Crippen molar-refractivity contribution in [3.8, 4) is 6.07 Å². The first-order chi connectivity index (χ1) is 9.54. The fourth-order valence-corrected chi connectivity index (χ4v) is 3.20. The summed E-state index contributed by atoms with van der Waals surface area (Å²) >= 11 is 0. The Balaban J connectivity index is 2.04. The fraction of sp³-hybridized carbons (Fsp3) is 0.929. The van der Waals surface area contributed by atoms with Gasteiger partial charge >= 0.3 is 0 Å². The first-order valence-electron chi connectivity index (χ1n) is 7.17. The Bertz CT molecular complexity index is 371. The lowest BCUT2D eigenvalue weighted by atomic mass is 9.85. The maximum Gasteiger partial charge on any atom is 0.120 e. The fourth-order valence-electron chi connectivity index (χ4n) is 3.20. The maximum atomic E-state index is 9.72. The third kappa shape index (κ3) is 2.97. The molecule has 114 valence electrons. The van der Waals surface area contributed by atoms with Crippen LogP contribution in [-0.4, -0.2) is 58.6 Å². The Hall–Kier alpha value is -0.710. The summed E-state index contributed by atoms with van der Waals surface area (Å²) in [5, 5.41) is 37.3. The van der Waals surface area contributed by atoms with Crippen molar-refractivity contribution in [1.82, 2.24) is 0 Å². The van der Waals surface area contributed by atoms with Gasteiger partial charge in [-0.1, -0.05) is 0 Å². The van der Waals surface area contributed by atoms with Crippen LogP contribution in [0.2, 0.25) is 0 Å². The van der Waals surface area contributed by atoms with Crippen LogP contribution in [0, 0.1) is 17.2 Å². The minimum Gasteiger partial charge on any atom is -0.394 e. The molecule has 0 aromatic carbocycles. The van der Waals surface area contributed by atoms with E-state index in [1.807, 2.05) is 6.92 Å². The van der Waals surface area contributed by atoms with Gasteiger partial charge in [-0.2, -0.15) is 5.26 Å². The molecule has 0 aliphatic carbocycles. The molecule has 0 amide bonds. The molecule has 2 rings (SSSR count). The van der Waals surface area contributed by atoms with Gasteiger partial charge in [0.1, 0.15) is 11.7 Å². The second-order valence-corrected chi connectivity index (χ2v) is 5.92. The van der Waals surface area contributed by atoms with Gasteiger partial charge in [0.05, 0.1) is 37.6 Å². The minimum atomic E-state index is -0.955. The standard InChI is InChI=1S/C14H23NO5/c1-9(6-15)4-10-2-3-13-14(8-17,20-10)5-12(19-13)11(18)7-16/h9-13,16-18H,2-5,7-8H2,1H3/t9-,10-,11-,12-,13+,14-/m1/s1. The van der Waals surface area contributed by atoms with Crippen molar-refractivity contribution in [2.45, 2.75) is 62.6 Å². The van der Waals surface area contributed by atoms with Crippen LogP contribution < -0.4 is 0 Å². The third-order valence-electron chi connectivity index (χ3n) is 4.35. The Kier molecular flexibility index (Phi) is 4.99. The van der Waals surface area contributed by atoms with E-state index in [-0.39, 0.29) is 31.3 Å². The average molecular weight is 285 g/mol. The molecular weight excluding hydrogens is 262 g/mol. The van der Waals surface area contributed by atoms with Gasteiger partial charge in [-0.3, -0.25) is 0 Å². The molecule has 2 fully saturated rings. The van der Waals surface area contributed by atoms with Gasteiger partial charge < -0.3 is 24.8 Å². The SMILES string of the molecule is C[C@@H](C#N)C[C@H]1CC[C@@H]2O[C@@H]([C@H](O)CO)C[C@]2(CO)O1. The Morgan fingerprint density at radius 2 is 2.15 bits per heavy atom. The normalized spacial score (nSPS) is 39.9. The number of aliphatic hydroxyl groups is 3. The molecule has 0 bridgehead atoms. The van der Waals surface area contributed by atoms with E-state index in [0.717, 1.165) is 12.8 Å². The van der Waals surface area contributed by atoms with Crippen molar-refractivity contribution in [1.29, 1.82) is 5.26 Å². The monoisotopic (exact) mass is 285 g/mol. The van der Waals surface area contributed by atoms with Crippen molar-refractivity contribution in [2.75, 3.05) is 13.2 Å². The van der Waals surface area contributed by atoms with Crippen molar-refractivity contribution >= 4 is 0 Å². The summed E-state index contributed by atoms with van der Waals surface area (Å²) in [6, 6.07) is 2.19. The van der Waals surface area contributed by atoms with Gasteiger partial charge in [0.25, 0.3) is 0 Å². The molecule has 2 aliphatic heterocycles. The highest BCUT2D eigenvalue weighted by molar-refractivity contribution is 5.03. The van der Waals surface area contributed by atoms with Crippen molar-refractivity contribution < 1.29 is 24.8 Å². The van der Waals surface area contributed by atoms with Crippen LogP contribution in [0.25, 0.3) is 0 Å². The van der Waals surface area contributed by atoms with Crippen LogP contribution in [0.3, 0.4) is 0 Å². The van der Waals surface area contributed by atoms with E-state index in [1.165, 1.54) is 0 Å². The lowest BCUT2D eigenvalue weighted by Crippen LogP contribution is -2.51. The summed E-state index contributed by atoms with van der Waals surface area (Å²) in [6.07, 6.45) is 0.728. The molecule has 2 aliphatic rings. The van der Waals surface area contributed by atoms with Crippen LogP contribution >= 0.6 is 0 Å². The smallest absolute Gasteiger partial charge is 0.120 e. The quantitative estimate of drug-likeness (QED) is 0.655. The zero-order chi connectivity index (χ0) is 14.8. The van der Waals surface area contributed by atoms with E-state index in [4.69, 9.17) is 19.8 Å². The van der Waals surface area contributed by atoms with E-state index >= 15 is 0 Å². The van der Waals surface area contributed by atoms with Gasteiger partial charge in [0, 0.05) is 12.3 Å². The summed E-state index contributed by atoms with van der Waals surface area (Å²) in [5.41, 5.74) is -0.807. The van der Waals surface area contributed by atoms with E-state index in [0.29, 0.717) is 12.8 Å². The van der Waals surface area contributed by atoms with Crippen molar-refractivity contribution in [3.63, 3.8) is 0 Å². The van der Waals surface area contributed by atoms with Crippen LogP contribution in [0.1, 0.15) is 32.6 Å². The molecule has 20 heavy (non-hydrogen) atoms. The van der Waals surface area contributed by atoms with Crippen LogP contribution in [0.4, 0.5) is 0 Å². The summed E-state index contributed by atoms with van der Waals surface area (Å²) in [7, 11) is 0. The van der Waals surface area contributed by atoms with Crippen molar-refractivity contribution in [3.05, 3.63) is 0 Å². The zero-order valence-electron chi connectivity index (χ0n) is 11.7. The first kappa shape index (κ1) is 15.7. The van der Waals surface area contributed by atoms with E-state index < -0.39 is 17.8 Å². The molecule has 0 aromatic heterocycles. The summed E-state index contributed by atoms with van der Waals surface area (Å²) in [6.45, 7) is 1.31. The second kappa shape index (κ2) is 6.37. The molecule has 0 radical (unpaired) electrons. The number of nitrogens with zero attached hydrogens (tertiary/aromatic N) is 1. The molecular formula is C14H23NO5. The largest absolute Gasteiger partial charge is 0.394 e. The zero-order valence-corrected chi connectivity index (χ0v) is 11.7. The molecule has 6 heteroatoms. The van der Waals surface area contributed by atoms with E-state index in [1.54, 1.807) is 0 Å². The topological polar surface area (TPSA) is 103 Å². The maximum absolute atomic E-state index is 9.72. The number of hydrogen-bond donors (Lipinski definition) is 3. The predicted molar refractivity (Wildman–Crippen MR) is 69.7 cm³/mol. The third-order valence-corrected chi connectivity index (χ3v) is 4.35. The van der Waals surface area contributed by atoms with Crippen LogP contribution in [-0.2, 0) is 9.47 Å². The highest BCUT2D eigenvalue weighted by Gasteiger charge is 2.54. The van der Waals surface area contributed by atoms with E-state index in [9.17, 15) is 10.2 Å². The van der Waals surface area contributed by atoms with Gasteiger partial charge in [-0.25, -0.2) is 0 Å². The first-order valence-corrected chi connectivity index (χ1v) is 7.17. The Morgan fingerprint density at radius 3 is 2.75 bits per heavy atom. The second-order valence-electron chi connectivity index (χ2n) is 5.92. The van der Waals surface area contributed by atoms with Gasteiger partial charge in [0.2, 0.25) is 0 Å².